The topological polar surface area (TPSA) is 94.0 Å². The summed E-state index contributed by atoms with van der Waals surface area (Å²) in [5.74, 6) is 0.192. The molecular formula is C18H22N4O. The van der Waals surface area contributed by atoms with Gasteiger partial charge in [-0.25, -0.2) is 0 Å². The maximum atomic E-state index is 12.5. The molecule has 0 radical (unpaired) electrons. The number of nitrogen functional groups attached to an aromatic ring is 1. The molecule has 0 amide bonds. The molecule has 2 saturated heterocycles. The zero-order valence-electron chi connectivity index (χ0n) is 13.4. The van der Waals surface area contributed by atoms with Crippen molar-refractivity contribution in [3.63, 3.8) is 0 Å². The highest BCUT2D eigenvalue weighted by Crippen LogP contribution is 2.38. The van der Waals surface area contributed by atoms with Crippen LogP contribution in [0, 0.1) is 22.7 Å². The van der Waals surface area contributed by atoms with Gasteiger partial charge in [-0.3, -0.25) is 10.2 Å². The third kappa shape index (κ3) is 2.99. The van der Waals surface area contributed by atoms with E-state index < -0.39 is 0 Å². The second kappa shape index (κ2) is 6.13. The molecule has 2 aliphatic heterocycles. The molecule has 0 saturated carbocycles. The third-order valence-corrected chi connectivity index (χ3v) is 5.40. The van der Waals surface area contributed by atoms with Gasteiger partial charge in [0.1, 0.15) is 5.71 Å². The van der Waals surface area contributed by atoms with Gasteiger partial charge in [0.25, 0.3) is 0 Å². The molecule has 5 heteroatoms. The van der Waals surface area contributed by atoms with Crippen molar-refractivity contribution >= 4 is 17.2 Å². The first-order valence-corrected chi connectivity index (χ1v) is 8.13. The fraction of sp³-hybridized carbons (Fsp3) is 0.500. The first kappa shape index (κ1) is 15.7. The molecule has 120 valence electrons. The van der Waals surface area contributed by atoms with E-state index in [9.17, 15) is 4.79 Å². The van der Waals surface area contributed by atoms with Crippen LogP contribution in [0.25, 0.3) is 0 Å². The standard InChI is InChI=1S/C18H22N4O/c1-22-13-3-4-14(22)7-12(6-13)9-17(23)18(21)15-8-11(10-19)2-5-16(15)20/h2,5,8,12-14,21H,3-4,6-7,9,20H2,1H3. The summed E-state index contributed by atoms with van der Waals surface area (Å²) in [7, 11) is 2.18. The summed E-state index contributed by atoms with van der Waals surface area (Å²) in [5, 5.41) is 17.1. The van der Waals surface area contributed by atoms with E-state index >= 15 is 0 Å². The Labute approximate surface area is 136 Å². The van der Waals surface area contributed by atoms with Crippen LogP contribution in [0.15, 0.2) is 18.2 Å². The van der Waals surface area contributed by atoms with E-state index in [1.807, 2.05) is 6.07 Å². The Kier molecular flexibility index (Phi) is 4.18. The Hall–Kier alpha value is -2.19. The number of carbonyl (C=O) groups excluding carboxylic acids is 1. The van der Waals surface area contributed by atoms with Crippen molar-refractivity contribution < 1.29 is 4.79 Å². The number of ketones is 1. The number of Topliss-reactive ketones (excluding diaryl/α,β-unsaturated/α-hetero) is 1. The highest BCUT2D eigenvalue weighted by molar-refractivity contribution is 6.46. The lowest BCUT2D eigenvalue weighted by Gasteiger charge is -2.36. The maximum absolute atomic E-state index is 12.5. The van der Waals surface area contributed by atoms with Crippen LogP contribution in [-0.4, -0.2) is 35.5 Å². The Bertz CT molecular complexity index is 677. The van der Waals surface area contributed by atoms with Gasteiger partial charge < -0.3 is 10.6 Å². The van der Waals surface area contributed by atoms with Gasteiger partial charge in [-0.1, -0.05) is 0 Å². The minimum Gasteiger partial charge on any atom is -0.398 e. The predicted molar refractivity (Wildman–Crippen MR) is 89.3 cm³/mol. The number of rotatable bonds is 4. The zero-order valence-corrected chi connectivity index (χ0v) is 13.4. The van der Waals surface area contributed by atoms with Crippen LogP contribution in [0.4, 0.5) is 5.69 Å². The maximum Gasteiger partial charge on any atom is 0.181 e. The average Bonchev–Trinajstić information content (AvgIpc) is 2.76. The van der Waals surface area contributed by atoms with Crippen LogP contribution in [0.5, 0.6) is 0 Å². The normalized spacial score (nSPS) is 26.7. The van der Waals surface area contributed by atoms with Gasteiger partial charge in [0.05, 0.1) is 11.6 Å². The van der Waals surface area contributed by atoms with Gasteiger partial charge in [0, 0.05) is 29.8 Å². The molecule has 3 N–H and O–H groups in total. The number of anilines is 1. The summed E-state index contributed by atoms with van der Waals surface area (Å²) in [4.78, 5) is 14.9. The Morgan fingerprint density at radius 1 is 1.39 bits per heavy atom. The summed E-state index contributed by atoms with van der Waals surface area (Å²) >= 11 is 0. The average molecular weight is 310 g/mol. The van der Waals surface area contributed by atoms with Gasteiger partial charge >= 0.3 is 0 Å². The van der Waals surface area contributed by atoms with E-state index in [0.717, 1.165) is 12.8 Å². The van der Waals surface area contributed by atoms with Crippen LogP contribution in [0.1, 0.15) is 43.2 Å². The first-order valence-electron chi connectivity index (χ1n) is 8.13. The van der Waals surface area contributed by atoms with Crippen molar-refractivity contribution in [2.45, 2.75) is 44.2 Å². The highest BCUT2D eigenvalue weighted by Gasteiger charge is 2.39. The lowest BCUT2D eigenvalue weighted by atomic mass is 9.85. The van der Waals surface area contributed by atoms with Gasteiger partial charge in [-0.05, 0) is 56.8 Å². The van der Waals surface area contributed by atoms with Crippen molar-refractivity contribution in [2.75, 3.05) is 12.8 Å². The van der Waals surface area contributed by atoms with Crippen LogP contribution < -0.4 is 5.73 Å². The molecule has 1 aromatic rings. The van der Waals surface area contributed by atoms with Crippen molar-refractivity contribution in [1.29, 1.82) is 10.7 Å². The van der Waals surface area contributed by atoms with E-state index in [-0.39, 0.29) is 11.5 Å². The minimum atomic E-state index is -0.166. The zero-order chi connectivity index (χ0) is 16.6. The number of carbonyl (C=O) groups is 1. The summed E-state index contributed by atoms with van der Waals surface area (Å²) in [6, 6.07) is 7.93. The molecule has 2 heterocycles. The van der Waals surface area contributed by atoms with Crippen LogP contribution >= 0.6 is 0 Å². The van der Waals surface area contributed by atoms with Gasteiger partial charge in [0.15, 0.2) is 5.78 Å². The SMILES string of the molecule is CN1C2CCC1CC(CC(=O)C(=N)c1cc(C#N)ccc1N)C2. The molecule has 2 bridgehead atoms. The summed E-state index contributed by atoms with van der Waals surface area (Å²) < 4.78 is 0. The number of nitrogens with two attached hydrogens (primary N) is 1. The second-order valence-electron chi connectivity index (χ2n) is 6.80. The highest BCUT2D eigenvalue weighted by atomic mass is 16.1. The van der Waals surface area contributed by atoms with Crippen LogP contribution in [0.2, 0.25) is 0 Å². The molecular weight excluding hydrogens is 288 g/mol. The van der Waals surface area contributed by atoms with E-state index in [1.54, 1.807) is 12.1 Å². The number of hydrogen-bond donors (Lipinski definition) is 2. The van der Waals surface area contributed by atoms with E-state index in [2.05, 4.69) is 11.9 Å². The van der Waals surface area contributed by atoms with E-state index in [4.69, 9.17) is 16.4 Å². The molecule has 23 heavy (non-hydrogen) atoms. The molecule has 2 atom stereocenters. The molecule has 2 fully saturated rings. The fourth-order valence-electron chi connectivity index (χ4n) is 4.05. The number of benzene rings is 1. The molecule has 5 nitrogen and oxygen atoms in total. The van der Waals surface area contributed by atoms with Gasteiger partial charge in [0.2, 0.25) is 0 Å². The van der Waals surface area contributed by atoms with Crippen molar-refractivity contribution in [2.24, 2.45) is 5.92 Å². The minimum absolute atomic E-state index is 0.0640. The molecule has 2 aliphatic rings. The van der Waals surface area contributed by atoms with Crippen LogP contribution in [0.3, 0.4) is 0 Å². The predicted octanol–water partition coefficient (Wildman–Crippen LogP) is 2.34. The Balaban J connectivity index is 1.69. The number of piperidine rings is 1. The fourth-order valence-corrected chi connectivity index (χ4v) is 4.05. The summed E-state index contributed by atoms with van der Waals surface area (Å²) in [5.41, 5.74) is 7.00. The largest absolute Gasteiger partial charge is 0.398 e. The van der Waals surface area contributed by atoms with Gasteiger partial charge in [-0.15, -0.1) is 0 Å². The molecule has 0 aliphatic carbocycles. The number of nitrogens with one attached hydrogen (secondary N) is 1. The van der Waals surface area contributed by atoms with Crippen LogP contribution in [-0.2, 0) is 4.79 Å². The summed E-state index contributed by atoms with van der Waals surface area (Å²) in [6.45, 7) is 0. The summed E-state index contributed by atoms with van der Waals surface area (Å²) in [6.07, 6.45) is 4.94. The van der Waals surface area contributed by atoms with Crippen molar-refractivity contribution in [3.8, 4) is 6.07 Å². The molecule has 0 aromatic heterocycles. The van der Waals surface area contributed by atoms with Crippen molar-refractivity contribution in [1.82, 2.24) is 4.90 Å². The van der Waals surface area contributed by atoms with Crippen molar-refractivity contribution in [3.05, 3.63) is 29.3 Å². The van der Waals surface area contributed by atoms with E-state index in [1.165, 1.54) is 18.9 Å². The monoisotopic (exact) mass is 310 g/mol. The van der Waals surface area contributed by atoms with Gasteiger partial charge in [-0.2, -0.15) is 5.26 Å². The molecule has 0 spiro atoms. The number of hydrogen-bond acceptors (Lipinski definition) is 5. The molecule has 2 unspecified atom stereocenters. The molecule has 1 aromatic carbocycles. The smallest absolute Gasteiger partial charge is 0.181 e. The first-order chi connectivity index (χ1) is 11.0. The second-order valence-corrected chi connectivity index (χ2v) is 6.80. The number of nitrogens with zero attached hydrogens (tertiary/aromatic N) is 2. The number of fused-ring (bicyclic) bond motifs is 2. The lowest BCUT2D eigenvalue weighted by Crippen LogP contribution is -2.40. The Morgan fingerprint density at radius 3 is 2.65 bits per heavy atom. The quantitative estimate of drug-likeness (QED) is 0.659. The van der Waals surface area contributed by atoms with E-state index in [0.29, 0.717) is 41.2 Å². The Morgan fingerprint density at radius 2 is 2.04 bits per heavy atom. The molecule has 3 rings (SSSR count). The lowest BCUT2D eigenvalue weighted by molar-refractivity contribution is -0.114. The third-order valence-electron chi connectivity index (χ3n) is 5.40. The number of nitriles is 1.